The Bertz CT molecular complexity index is 1560. The van der Waals surface area contributed by atoms with Crippen LogP contribution in [0.25, 0.3) is 17.5 Å². The first-order valence-corrected chi connectivity index (χ1v) is 12.8. The Morgan fingerprint density at radius 3 is 2.16 bits per heavy atom. The summed E-state index contributed by atoms with van der Waals surface area (Å²) < 4.78 is 18.3. The summed E-state index contributed by atoms with van der Waals surface area (Å²) in [7, 11) is 0. The van der Waals surface area contributed by atoms with Gasteiger partial charge in [-0.05, 0) is 62.2 Å². The third kappa shape index (κ3) is 5.01. The van der Waals surface area contributed by atoms with Gasteiger partial charge >= 0.3 is 5.97 Å². The summed E-state index contributed by atoms with van der Waals surface area (Å²) in [5.74, 6) is -0.0170. The van der Waals surface area contributed by atoms with Gasteiger partial charge < -0.3 is 19.9 Å². The maximum atomic E-state index is 13.5. The molecule has 4 rings (SSSR count). The summed E-state index contributed by atoms with van der Waals surface area (Å²) >= 11 is 1.14. The molecule has 1 aliphatic heterocycles. The Labute approximate surface area is 218 Å². The molecule has 0 spiro atoms. The Morgan fingerprint density at radius 2 is 1.62 bits per heavy atom. The SMILES string of the molecule is CCOC(=O)C1=c2s/c(=C\c3ccc(OCC)cc3)c(=O)n2C(N)=C(C#N)[C@@H]1c1ccc(OCC)cc1. The first kappa shape index (κ1) is 25.8. The lowest BCUT2D eigenvalue weighted by atomic mass is 9.84. The molecule has 37 heavy (non-hydrogen) atoms. The van der Waals surface area contributed by atoms with E-state index in [1.54, 1.807) is 37.3 Å². The van der Waals surface area contributed by atoms with Crippen molar-refractivity contribution in [2.45, 2.75) is 26.7 Å². The molecule has 0 saturated heterocycles. The molecule has 0 radical (unpaired) electrons. The molecule has 1 aliphatic rings. The zero-order valence-corrected chi connectivity index (χ0v) is 21.6. The van der Waals surface area contributed by atoms with Gasteiger partial charge in [-0.1, -0.05) is 24.3 Å². The van der Waals surface area contributed by atoms with Gasteiger partial charge in [0.1, 0.15) is 22.0 Å². The average Bonchev–Trinajstić information content (AvgIpc) is 3.21. The van der Waals surface area contributed by atoms with Crippen LogP contribution in [0.2, 0.25) is 0 Å². The van der Waals surface area contributed by atoms with E-state index >= 15 is 0 Å². The first-order chi connectivity index (χ1) is 17.9. The molecule has 9 heteroatoms. The molecule has 0 amide bonds. The average molecular weight is 518 g/mol. The molecule has 0 bridgehead atoms. The van der Waals surface area contributed by atoms with Crippen LogP contribution >= 0.6 is 11.3 Å². The number of ether oxygens (including phenoxy) is 3. The summed E-state index contributed by atoms with van der Waals surface area (Å²) in [6.07, 6.45) is 1.72. The molecule has 1 atom stereocenters. The largest absolute Gasteiger partial charge is 0.494 e. The molecule has 0 fully saturated rings. The van der Waals surface area contributed by atoms with E-state index in [1.807, 2.05) is 38.1 Å². The fourth-order valence-electron chi connectivity index (χ4n) is 4.19. The van der Waals surface area contributed by atoms with Crippen LogP contribution in [0.4, 0.5) is 0 Å². The van der Waals surface area contributed by atoms with Crippen molar-refractivity contribution in [2.24, 2.45) is 5.73 Å². The highest BCUT2D eigenvalue weighted by Gasteiger charge is 2.36. The van der Waals surface area contributed by atoms with Crippen molar-refractivity contribution >= 4 is 34.8 Å². The number of rotatable bonds is 8. The maximum Gasteiger partial charge on any atom is 0.338 e. The number of allylic oxidation sites excluding steroid dienone is 1. The molecule has 190 valence electrons. The molecule has 2 heterocycles. The van der Waals surface area contributed by atoms with Gasteiger partial charge in [0.05, 0.1) is 47.5 Å². The molecule has 2 N–H and O–H groups in total. The number of hydrogen-bond acceptors (Lipinski definition) is 8. The predicted molar refractivity (Wildman–Crippen MR) is 142 cm³/mol. The number of thiazole rings is 1. The van der Waals surface area contributed by atoms with E-state index in [-0.39, 0.29) is 23.6 Å². The van der Waals surface area contributed by atoms with E-state index < -0.39 is 17.4 Å². The second-order valence-electron chi connectivity index (χ2n) is 8.04. The topological polar surface area (TPSA) is 117 Å². The van der Waals surface area contributed by atoms with Gasteiger partial charge in [-0.2, -0.15) is 5.26 Å². The highest BCUT2D eigenvalue weighted by molar-refractivity contribution is 7.07. The van der Waals surface area contributed by atoms with Crippen molar-refractivity contribution in [3.63, 3.8) is 0 Å². The van der Waals surface area contributed by atoms with E-state index in [1.165, 1.54) is 4.57 Å². The van der Waals surface area contributed by atoms with Crippen molar-refractivity contribution in [3.05, 3.63) is 84.8 Å². The summed E-state index contributed by atoms with van der Waals surface area (Å²) in [6.45, 7) is 6.69. The summed E-state index contributed by atoms with van der Waals surface area (Å²) in [4.78, 5) is 26.7. The minimum Gasteiger partial charge on any atom is -0.494 e. The van der Waals surface area contributed by atoms with Crippen LogP contribution < -0.4 is 30.0 Å². The number of esters is 1. The molecule has 0 unspecified atom stereocenters. The van der Waals surface area contributed by atoms with Crippen molar-refractivity contribution in [2.75, 3.05) is 19.8 Å². The van der Waals surface area contributed by atoms with Crippen LogP contribution in [0.1, 0.15) is 37.8 Å². The number of aromatic nitrogens is 1. The number of carbonyl (C=O) groups is 1. The number of nitrogens with two attached hydrogens (primary N) is 1. The third-order valence-corrected chi connectivity index (χ3v) is 6.89. The lowest BCUT2D eigenvalue weighted by Gasteiger charge is -2.24. The first-order valence-electron chi connectivity index (χ1n) is 11.9. The van der Waals surface area contributed by atoms with Gasteiger partial charge in [-0.25, -0.2) is 4.79 Å². The lowest BCUT2D eigenvalue weighted by molar-refractivity contribution is -0.136. The van der Waals surface area contributed by atoms with Crippen LogP contribution in [-0.2, 0) is 9.53 Å². The van der Waals surface area contributed by atoms with Crippen molar-refractivity contribution < 1.29 is 19.0 Å². The van der Waals surface area contributed by atoms with Crippen molar-refractivity contribution in [3.8, 4) is 17.6 Å². The second kappa shape index (κ2) is 11.2. The molecule has 2 aromatic carbocycles. The van der Waals surface area contributed by atoms with Gasteiger partial charge in [-0.15, -0.1) is 11.3 Å². The molecule has 0 saturated carbocycles. The van der Waals surface area contributed by atoms with Gasteiger partial charge in [0.15, 0.2) is 0 Å². The van der Waals surface area contributed by atoms with E-state index in [0.29, 0.717) is 33.7 Å². The van der Waals surface area contributed by atoms with Crippen LogP contribution in [0.15, 0.2) is 58.9 Å². The quantitative estimate of drug-likeness (QED) is 0.457. The fourth-order valence-corrected chi connectivity index (χ4v) is 5.35. The maximum absolute atomic E-state index is 13.5. The predicted octanol–water partition coefficient (Wildman–Crippen LogP) is 2.70. The van der Waals surface area contributed by atoms with Crippen molar-refractivity contribution in [1.82, 2.24) is 4.57 Å². The molecule has 1 aromatic heterocycles. The van der Waals surface area contributed by atoms with Gasteiger partial charge in [-0.3, -0.25) is 9.36 Å². The standard InChI is InChI=1S/C28H27N3O5S/c1-4-34-19-11-7-17(8-12-19)15-22-26(32)31-25(30)21(16-29)23(18-9-13-20(14-10-18)35-5-2)24(27(31)37-22)28(33)36-6-3/h7-15,23H,4-6,30H2,1-3H3/b22-15-/t23-/m0/s1. The second-order valence-corrected chi connectivity index (χ2v) is 9.07. The number of benzene rings is 2. The summed E-state index contributed by atoms with van der Waals surface area (Å²) in [5.41, 5.74) is 7.75. The number of hydrogen-bond donors (Lipinski definition) is 1. The number of nitriles is 1. The Hall–Kier alpha value is -4.29. The van der Waals surface area contributed by atoms with E-state index in [0.717, 1.165) is 22.6 Å². The van der Waals surface area contributed by atoms with Gasteiger partial charge in [0.25, 0.3) is 5.56 Å². The zero-order valence-electron chi connectivity index (χ0n) is 20.8. The normalized spacial score (nSPS) is 15.2. The highest BCUT2D eigenvalue weighted by Crippen LogP contribution is 2.37. The minimum absolute atomic E-state index is 0.00275. The molecule has 8 nitrogen and oxygen atoms in total. The molecular weight excluding hydrogens is 490 g/mol. The van der Waals surface area contributed by atoms with Crippen LogP contribution in [0.3, 0.4) is 0 Å². The van der Waals surface area contributed by atoms with Gasteiger partial charge in [0, 0.05) is 0 Å². The Morgan fingerprint density at radius 1 is 1.03 bits per heavy atom. The van der Waals surface area contributed by atoms with E-state index in [2.05, 4.69) is 6.07 Å². The number of fused-ring (bicyclic) bond motifs is 1. The summed E-state index contributed by atoms with van der Waals surface area (Å²) in [6, 6.07) is 16.6. The number of carbonyl (C=O) groups excluding carboxylic acids is 1. The van der Waals surface area contributed by atoms with Crippen molar-refractivity contribution in [1.29, 1.82) is 5.26 Å². The minimum atomic E-state index is -0.795. The highest BCUT2D eigenvalue weighted by atomic mass is 32.1. The fraction of sp³-hybridized carbons (Fsp3) is 0.250. The van der Waals surface area contributed by atoms with Crippen LogP contribution in [-0.4, -0.2) is 30.4 Å². The lowest BCUT2D eigenvalue weighted by Crippen LogP contribution is -2.40. The third-order valence-electron chi connectivity index (χ3n) is 5.78. The molecule has 0 aliphatic carbocycles. The number of nitrogens with zero attached hydrogens (tertiary/aromatic N) is 2. The van der Waals surface area contributed by atoms with Crippen LogP contribution in [0.5, 0.6) is 11.5 Å². The van der Waals surface area contributed by atoms with E-state index in [4.69, 9.17) is 19.9 Å². The zero-order chi connectivity index (χ0) is 26.5. The smallest absolute Gasteiger partial charge is 0.338 e. The van der Waals surface area contributed by atoms with Crippen LogP contribution in [0, 0.1) is 11.3 Å². The summed E-state index contributed by atoms with van der Waals surface area (Å²) in [5, 5.41) is 10.1. The monoisotopic (exact) mass is 517 g/mol. The Balaban J connectivity index is 1.97. The van der Waals surface area contributed by atoms with E-state index in [9.17, 15) is 14.9 Å². The molecular formula is C28H27N3O5S. The Kier molecular flexibility index (Phi) is 7.80. The molecule has 3 aromatic rings. The van der Waals surface area contributed by atoms with Gasteiger partial charge in [0.2, 0.25) is 0 Å².